The number of carboxylic acids is 1. The van der Waals surface area contributed by atoms with Crippen molar-refractivity contribution in [2.75, 3.05) is 0 Å². The minimum atomic E-state index is -1.23. The van der Waals surface area contributed by atoms with Crippen LogP contribution in [0.1, 0.15) is 23.0 Å². The Bertz CT molecular complexity index is 778. The average Bonchev–Trinajstić information content (AvgIpc) is 2.91. The number of fused-ring (bicyclic) bond motifs is 1. The minimum Gasteiger partial charge on any atom is -0.545 e. The van der Waals surface area contributed by atoms with E-state index in [-0.39, 0.29) is 5.56 Å². The van der Waals surface area contributed by atoms with Gasteiger partial charge in [0.25, 0.3) is 0 Å². The number of aryl methyl sites for hydroxylation is 1. The van der Waals surface area contributed by atoms with Gasteiger partial charge in [0.15, 0.2) is 5.65 Å². The highest BCUT2D eigenvalue weighted by Gasteiger charge is 2.11. The van der Waals surface area contributed by atoms with Crippen LogP contribution < -0.4 is 5.11 Å². The molecule has 3 aromatic rings. The standard InChI is InChI=1S/C15H13N3O2/c1-2-13-11(15(19)20)9-16-14-8-12(17-18(13)14)10-6-4-3-5-7-10/h3-9H,2H2,1H3,(H,19,20)/p-1. The maximum Gasteiger partial charge on any atom is 0.155 e. The summed E-state index contributed by atoms with van der Waals surface area (Å²) in [7, 11) is 0. The summed E-state index contributed by atoms with van der Waals surface area (Å²) in [4.78, 5) is 15.2. The summed E-state index contributed by atoms with van der Waals surface area (Å²) in [6.45, 7) is 1.88. The summed E-state index contributed by atoms with van der Waals surface area (Å²) in [5, 5.41) is 15.6. The van der Waals surface area contributed by atoms with Gasteiger partial charge in [0.2, 0.25) is 0 Å². The smallest absolute Gasteiger partial charge is 0.155 e. The highest BCUT2D eigenvalue weighted by Crippen LogP contribution is 2.20. The van der Waals surface area contributed by atoms with Crippen LogP contribution in [0.25, 0.3) is 16.9 Å². The van der Waals surface area contributed by atoms with Crippen molar-refractivity contribution in [2.45, 2.75) is 13.3 Å². The van der Waals surface area contributed by atoms with E-state index in [1.54, 1.807) is 4.52 Å². The van der Waals surface area contributed by atoms with Crippen molar-refractivity contribution in [3.05, 3.63) is 53.9 Å². The van der Waals surface area contributed by atoms with Crippen LogP contribution in [0.5, 0.6) is 0 Å². The fraction of sp³-hybridized carbons (Fsp3) is 0.133. The third-order valence-corrected chi connectivity index (χ3v) is 3.21. The van der Waals surface area contributed by atoms with Crippen molar-refractivity contribution in [3.8, 4) is 11.3 Å². The lowest BCUT2D eigenvalue weighted by Gasteiger charge is -2.09. The number of carboxylic acid groups (broad SMARTS) is 1. The van der Waals surface area contributed by atoms with Gasteiger partial charge in [-0.3, -0.25) is 0 Å². The van der Waals surface area contributed by atoms with Gasteiger partial charge in [-0.1, -0.05) is 37.3 Å². The van der Waals surface area contributed by atoms with Gasteiger partial charge in [0.05, 0.1) is 17.4 Å². The number of nitrogens with zero attached hydrogens (tertiary/aromatic N) is 3. The Morgan fingerprint density at radius 3 is 2.70 bits per heavy atom. The SMILES string of the molecule is CCc1c(C(=O)[O-])cnc2cc(-c3ccccc3)nn12. The van der Waals surface area contributed by atoms with Crippen molar-refractivity contribution in [3.63, 3.8) is 0 Å². The molecule has 5 heteroatoms. The molecule has 0 N–H and O–H groups in total. The second-order valence-electron chi connectivity index (χ2n) is 4.43. The van der Waals surface area contributed by atoms with Crippen LogP contribution in [0, 0.1) is 0 Å². The summed E-state index contributed by atoms with van der Waals surface area (Å²) in [5.41, 5.74) is 3.05. The van der Waals surface area contributed by atoms with Crippen molar-refractivity contribution in [2.24, 2.45) is 0 Å². The maximum absolute atomic E-state index is 11.1. The number of carbonyl (C=O) groups excluding carboxylic acids is 1. The molecule has 0 bridgehead atoms. The summed E-state index contributed by atoms with van der Waals surface area (Å²) in [5.74, 6) is -1.23. The van der Waals surface area contributed by atoms with Crippen LogP contribution >= 0.6 is 0 Å². The molecule has 20 heavy (non-hydrogen) atoms. The van der Waals surface area contributed by atoms with E-state index in [0.717, 1.165) is 11.3 Å². The summed E-state index contributed by atoms with van der Waals surface area (Å²) in [6, 6.07) is 11.5. The van der Waals surface area contributed by atoms with Crippen LogP contribution in [0.15, 0.2) is 42.6 Å². The Morgan fingerprint density at radius 2 is 2.05 bits per heavy atom. The van der Waals surface area contributed by atoms with Crippen molar-refractivity contribution in [1.29, 1.82) is 0 Å². The number of benzene rings is 1. The number of rotatable bonds is 3. The zero-order chi connectivity index (χ0) is 14.1. The largest absolute Gasteiger partial charge is 0.545 e. The Morgan fingerprint density at radius 1 is 1.30 bits per heavy atom. The predicted molar refractivity (Wildman–Crippen MR) is 72.1 cm³/mol. The molecule has 2 heterocycles. The third-order valence-electron chi connectivity index (χ3n) is 3.21. The second kappa shape index (κ2) is 4.77. The molecule has 2 aromatic heterocycles. The number of carbonyl (C=O) groups is 1. The first-order valence-electron chi connectivity index (χ1n) is 6.35. The fourth-order valence-corrected chi connectivity index (χ4v) is 2.24. The molecule has 0 fully saturated rings. The molecule has 0 saturated carbocycles. The Hall–Kier alpha value is -2.69. The third kappa shape index (κ3) is 1.93. The summed E-state index contributed by atoms with van der Waals surface area (Å²) >= 11 is 0. The van der Waals surface area contributed by atoms with E-state index in [0.29, 0.717) is 17.8 Å². The Balaban J connectivity index is 2.23. The number of aromatic nitrogens is 3. The minimum absolute atomic E-state index is 0.0858. The molecule has 0 aliphatic heterocycles. The van der Waals surface area contributed by atoms with Gasteiger partial charge < -0.3 is 9.90 Å². The van der Waals surface area contributed by atoms with Crippen molar-refractivity contribution < 1.29 is 9.90 Å². The van der Waals surface area contributed by atoms with Crippen LogP contribution in [0.2, 0.25) is 0 Å². The van der Waals surface area contributed by atoms with E-state index in [4.69, 9.17) is 0 Å². The molecule has 0 amide bonds. The molecular formula is C15H12N3O2-. The topological polar surface area (TPSA) is 70.3 Å². The fourth-order valence-electron chi connectivity index (χ4n) is 2.24. The van der Waals surface area contributed by atoms with Gasteiger partial charge in [0.1, 0.15) is 0 Å². The van der Waals surface area contributed by atoms with Gasteiger partial charge in [0, 0.05) is 23.4 Å². The molecule has 0 radical (unpaired) electrons. The van der Waals surface area contributed by atoms with Gasteiger partial charge in [-0.15, -0.1) is 0 Å². The number of aromatic carboxylic acids is 1. The van der Waals surface area contributed by atoms with Gasteiger partial charge in [-0.25, -0.2) is 9.50 Å². The quantitative estimate of drug-likeness (QED) is 0.717. The molecule has 0 unspecified atom stereocenters. The Labute approximate surface area is 115 Å². The number of hydrogen-bond donors (Lipinski definition) is 0. The highest BCUT2D eigenvalue weighted by molar-refractivity contribution is 5.87. The number of hydrogen-bond acceptors (Lipinski definition) is 4. The normalized spacial score (nSPS) is 10.8. The first kappa shape index (κ1) is 12.3. The zero-order valence-electron chi connectivity index (χ0n) is 10.9. The van der Waals surface area contributed by atoms with Crippen LogP contribution in [0.3, 0.4) is 0 Å². The van der Waals surface area contributed by atoms with E-state index in [1.165, 1.54) is 6.20 Å². The van der Waals surface area contributed by atoms with E-state index in [2.05, 4.69) is 10.1 Å². The van der Waals surface area contributed by atoms with E-state index >= 15 is 0 Å². The molecule has 5 nitrogen and oxygen atoms in total. The monoisotopic (exact) mass is 266 g/mol. The molecule has 0 aliphatic carbocycles. The molecular weight excluding hydrogens is 254 g/mol. The van der Waals surface area contributed by atoms with Crippen molar-refractivity contribution in [1.82, 2.24) is 14.6 Å². The molecule has 100 valence electrons. The van der Waals surface area contributed by atoms with Gasteiger partial charge in [-0.2, -0.15) is 5.10 Å². The van der Waals surface area contributed by atoms with E-state index < -0.39 is 5.97 Å². The van der Waals surface area contributed by atoms with Gasteiger partial charge >= 0.3 is 0 Å². The lowest BCUT2D eigenvalue weighted by atomic mass is 10.1. The molecule has 1 aromatic carbocycles. The molecule has 0 atom stereocenters. The molecule has 3 rings (SSSR count). The summed E-state index contributed by atoms with van der Waals surface area (Å²) < 4.78 is 1.58. The molecule has 0 aliphatic rings. The second-order valence-corrected chi connectivity index (χ2v) is 4.43. The summed E-state index contributed by atoms with van der Waals surface area (Å²) in [6.07, 6.45) is 1.87. The maximum atomic E-state index is 11.1. The lowest BCUT2D eigenvalue weighted by molar-refractivity contribution is -0.255. The van der Waals surface area contributed by atoms with E-state index in [1.807, 2.05) is 43.3 Å². The zero-order valence-corrected chi connectivity index (χ0v) is 10.9. The van der Waals surface area contributed by atoms with Gasteiger partial charge in [-0.05, 0) is 6.42 Å². The van der Waals surface area contributed by atoms with Crippen LogP contribution in [-0.2, 0) is 6.42 Å². The molecule has 0 saturated heterocycles. The molecule has 0 spiro atoms. The van der Waals surface area contributed by atoms with Crippen LogP contribution in [0.4, 0.5) is 0 Å². The van der Waals surface area contributed by atoms with E-state index in [9.17, 15) is 9.90 Å². The highest BCUT2D eigenvalue weighted by atomic mass is 16.4. The predicted octanol–water partition coefficient (Wildman–Crippen LogP) is 1.32. The average molecular weight is 266 g/mol. The Kier molecular flexibility index (Phi) is 2.95. The first-order valence-corrected chi connectivity index (χ1v) is 6.35. The van der Waals surface area contributed by atoms with Crippen LogP contribution in [-0.4, -0.2) is 20.6 Å². The van der Waals surface area contributed by atoms with Crippen molar-refractivity contribution >= 4 is 11.6 Å². The lowest BCUT2D eigenvalue weighted by Crippen LogP contribution is -2.25. The first-order chi connectivity index (χ1) is 9.70.